The maximum Gasteiger partial charge on any atom is 0.149 e. The summed E-state index contributed by atoms with van der Waals surface area (Å²) < 4.78 is 0. The van der Waals surface area contributed by atoms with Crippen LogP contribution in [-0.4, -0.2) is 11.3 Å². The first-order valence-corrected chi connectivity index (χ1v) is 8.05. The van der Waals surface area contributed by atoms with E-state index in [1.165, 1.54) is 11.1 Å². The fourth-order valence-corrected chi connectivity index (χ4v) is 2.82. The van der Waals surface area contributed by atoms with Gasteiger partial charge in [0.2, 0.25) is 0 Å². The Hall–Kier alpha value is -1.15. The lowest BCUT2D eigenvalue weighted by Gasteiger charge is -2.34. The predicted octanol–water partition coefficient (Wildman–Crippen LogP) is 4.78. The van der Waals surface area contributed by atoms with Crippen LogP contribution < -0.4 is 5.32 Å². The van der Waals surface area contributed by atoms with Crippen molar-refractivity contribution in [3.05, 3.63) is 35.4 Å². The van der Waals surface area contributed by atoms with E-state index in [-0.39, 0.29) is 17.2 Å². The number of rotatable bonds is 6. The Morgan fingerprint density at radius 2 is 1.57 bits per heavy atom. The second-order valence-electron chi connectivity index (χ2n) is 7.08. The molecule has 0 saturated carbocycles. The van der Waals surface area contributed by atoms with E-state index in [9.17, 15) is 4.79 Å². The SMILES string of the molecule is CCC(CC)(NC(C)c1ccc(C(C)(C)C)cc1)C(C)=O. The molecule has 2 nitrogen and oxygen atoms in total. The van der Waals surface area contributed by atoms with E-state index in [4.69, 9.17) is 0 Å². The van der Waals surface area contributed by atoms with Crippen LogP contribution in [0.2, 0.25) is 0 Å². The van der Waals surface area contributed by atoms with Gasteiger partial charge in [0.25, 0.3) is 0 Å². The van der Waals surface area contributed by atoms with Crippen molar-refractivity contribution in [1.82, 2.24) is 5.32 Å². The molecular weight excluding hydrogens is 258 g/mol. The lowest BCUT2D eigenvalue weighted by Crippen LogP contribution is -2.51. The van der Waals surface area contributed by atoms with E-state index in [0.717, 1.165) is 12.8 Å². The van der Waals surface area contributed by atoms with Crippen molar-refractivity contribution in [2.24, 2.45) is 0 Å². The van der Waals surface area contributed by atoms with Crippen LogP contribution >= 0.6 is 0 Å². The van der Waals surface area contributed by atoms with Gasteiger partial charge in [0, 0.05) is 6.04 Å². The van der Waals surface area contributed by atoms with Gasteiger partial charge in [-0.15, -0.1) is 0 Å². The van der Waals surface area contributed by atoms with Crippen LogP contribution in [0.25, 0.3) is 0 Å². The second kappa shape index (κ2) is 6.74. The normalized spacial score (nSPS) is 14.0. The number of Topliss-reactive ketones (excluding diaryl/α,β-unsaturated/α-hetero) is 1. The fourth-order valence-electron chi connectivity index (χ4n) is 2.82. The molecule has 0 aliphatic heterocycles. The average Bonchev–Trinajstić information content (AvgIpc) is 2.43. The van der Waals surface area contributed by atoms with Gasteiger partial charge in [0.05, 0.1) is 5.54 Å². The lowest BCUT2D eigenvalue weighted by molar-refractivity contribution is -0.124. The molecule has 0 bridgehead atoms. The van der Waals surface area contributed by atoms with E-state index in [1.54, 1.807) is 6.92 Å². The molecule has 2 heteroatoms. The summed E-state index contributed by atoms with van der Waals surface area (Å²) in [5.74, 6) is 0.227. The summed E-state index contributed by atoms with van der Waals surface area (Å²) in [5, 5.41) is 3.55. The molecule has 0 radical (unpaired) electrons. The third kappa shape index (κ3) is 4.16. The predicted molar refractivity (Wildman–Crippen MR) is 90.7 cm³/mol. The summed E-state index contributed by atoms with van der Waals surface area (Å²) in [6.45, 7) is 14.6. The first kappa shape index (κ1) is 17.9. The molecule has 1 aromatic rings. The molecule has 0 saturated heterocycles. The minimum absolute atomic E-state index is 0.169. The number of carbonyl (C=O) groups is 1. The molecule has 0 spiro atoms. The molecule has 0 fully saturated rings. The maximum atomic E-state index is 12.0. The van der Waals surface area contributed by atoms with Crippen molar-refractivity contribution in [3.8, 4) is 0 Å². The van der Waals surface area contributed by atoms with Crippen LogP contribution in [0.3, 0.4) is 0 Å². The summed E-state index contributed by atoms with van der Waals surface area (Å²) in [6, 6.07) is 8.91. The monoisotopic (exact) mass is 289 g/mol. The van der Waals surface area contributed by atoms with Gasteiger partial charge in [-0.25, -0.2) is 0 Å². The van der Waals surface area contributed by atoms with E-state index < -0.39 is 5.54 Å². The Morgan fingerprint density at radius 1 is 1.10 bits per heavy atom. The Bertz CT molecular complexity index is 463. The molecule has 1 unspecified atom stereocenters. The number of benzene rings is 1. The number of nitrogens with one attached hydrogen (secondary N) is 1. The molecule has 0 amide bonds. The third-order valence-electron chi connectivity index (χ3n) is 4.65. The van der Waals surface area contributed by atoms with Crippen molar-refractivity contribution in [3.63, 3.8) is 0 Å². The number of hydrogen-bond acceptors (Lipinski definition) is 2. The average molecular weight is 289 g/mol. The van der Waals surface area contributed by atoms with Crippen molar-refractivity contribution in [1.29, 1.82) is 0 Å². The topological polar surface area (TPSA) is 29.1 Å². The minimum atomic E-state index is -0.401. The molecule has 0 aliphatic rings. The summed E-state index contributed by atoms with van der Waals surface area (Å²) in [6.07, 6.45) is 1.65. The quantitative estimate of drug-likeness (QED) is 0.816. The molecule has 118 valence electrons. The highest BCUT2D eigenvalue weighted by molar-refractivity contribution is 5.86. The van der Waals surface area contributed by atoms with Gasteiger partial charge in [-0.2, -0.15) is 0 Å². The van der Waals surface area contributed by atoms with Crippen molar-refractivity contribution in [2.45, 2.75) is 78.3 Å². The number of hydrogen-bond donors (Lipinski definition) is 1. The zero-order valence-corrected chi connectivity index (χ0v) is 14.7. The molecule has 1 aromatic carbocycles. The standard InChI is InChI=1S/C19H31NO/c1-8-19(9-2,15(4)21)20-14(3)16-10-12-17(13-11-16)18(5,6)7/h10-14,20H,8-9H2,1-7H3. The van der Waals surface area contributed by atoms with Gasteiger partial charge in [-0.3, -0.25) is 10.1 Å². The Kier molecular flexibility index (Phi) is 5.75. The van der Waals surface area contributed by atoms with Gasteiger partial charge in [0.15, 0.2) is 0 Å². The van der Waals surface area contributed by atoms with Crippen LogP contribution in [0.5, 0.6) is 0 Å². The van der Waals surface area contributed by atoms with E-state index >= 15 is 0 Å². The molecule has 1 rings (SSSR count). The molecule has 0 heterocycles. The maximum absolute atomic E-state index is 12.0. The molecular formula is C19H31NO. The van der Waals surface area contributed by atoms with Crippen LogP contribution in [0, 0.1) is 0 Å². The van der Waals surface area contributed by atoms with Gasteiger partial charge < -0.3 is 0 Å². The molecule has 21 heavy (non-hydrogen) atoms. The van der Waals surface area contributed by atoms with Gasteiger partial charge in [-0.1, -0.05) is 58.9 Å². The fraction of sp³-hybridized carbons (Fsp3) is 0.632. The minimum Gasteiger partial charge on any atom is -0.298 e. The summed E-state index contributed by atoms with van der Waals surface area (Å²) in [7, 11) is 0. The number of ketones is 1. The number of carbonyl (C=O) groups excluding carboxylic acids is 1. The van der Waals surface area contributed by atoms with Crippen LogP contribution in [0.4, 0.5) is 0 Å². The van der Waals surface area contributed by atoms with Crippen molar-refractivity contribution < 1.29 is 4.79 Å². The van der Waals surface area contributed by atoms with E-state index in [1.807, 2.05) is 0 Å². The lowest BCUT2D eigenvalue weighted by atomic mass is 9.85. The third-order valence-corrected chi connectivity index (χ3v) is 4.65. The van der Waals surface area contributed by atoms with Gasteiger partial charge in [-0.05, 0) is 43.2 Å². The van der Waals surface area contributed by atoms with E-state index in [0.29, 0.717) is 0 Å². The van der Waals surface area contributed by atoms with Crippen LogP contribution in [-0.2, 0) is 10.2 Å². The van der Waals surface area contributed by atoms with Gasteiger partial charge >= 0.3 is 0 Å². The van der Waals surface area contributed by atoms with Crippen molar-refractivity contribution in [2.75, 3.05) is 0 Å². The smallest absolute Gasteiger partial charge is 0.149 e. The van der Waals surface area contributed by atoms with Crippen LogP contribution in [0.15, 0.2) is 24.3 Å². The first-order chi connectivity index (χ1) is 9.66. The Labute approximate surface area is 130 Å². The molecule has 0 aliphatic carbocycles. The van der Waals surface area contributed by atoms with Gasteiger partial charge in [0.1, 0.15) is 5.78 Å². The first-order valence-electron chi connectivity index (χ1n) is 8.05. The van der Waals surface area contributed by atoms with Crippen molar-refractivity contribution >= 4 is 5.78 Å². The zero-order valence-electron chi connectivity index (χ0n) is 14.7. The zero-order chi connectivity index (χ0) is 16.3. The highest BCUT2D eigenvalue weighted by Gasteiger charge is 2.32. The molecule has 1 N–H and O–H groups in total. The van der Waals surface area contributed by atoms with E-state index in [2.05, 4.69) is 71.1 Å². The second-order valence-corrected chi connectivity index (χ2v) is 7.08. The molecule has 0 aromatic heterocycles. The highest BCUT2D eigenvalue weighted by Crippen LogP contribution is 2.26. The Morgan fingerprint density at radius 3 is 1.90 bits per heavy atom. The molecule has 1 atom stereocenters. The summed E-state index contributed by atoms with van der Waals surface area (Å²) in [4.78, 5) is 12.0. The van der Waals surface area contributed by atoms with Crippen LogP contribution in [0.1, 0.15) is 78.5 Å². The largest absolute Gasteiger partial charge is 0.298 e. The Balaban J connectivity index is 2.93. The summed E-state index contributed by atoms with van der Waals surface area (Å²) in [5.41, 5.74) is 2.34. The highest BCUT2D eigenvalue weighted by atomic mass is 16.1. The summed E-state index contributed by atoms with van der Waals surface area (Å²) >= 11 is 0.